The molecule has 2 aromatic heterocycles. The molecular weight excluding hydrogens is 378 g/mol. The maximum Gasteiger partial charge on any atom is 0.260 e. The summed E-state index contributed by atoms with van der Waals surface area (Å²) in [6, 6.07) is 0.308. The van der Waals surface area contributed by atoms with Crippen LogP contribution in [0.5, 0.6) is 0 Å². The van der Waals surface area contributed by atoms with Crippen molar-refractivity contribution in [3.63, 3.8) is 0 Å². The quantitative estimate of drug-likeness (QED) is 0.761. The third-order valence-corrected chi connectivity index (χ3v) is 6.38. The topological polar surface area (TPSA) is 102 Å². The number of aryl methyl sites for hydroxylation is 1. The number of aromatic nitrogens is 4. The summed E-state index contributed by atoms with van der Waals surface area (Å²) in [5, 5.41) is 7.37. The molecule has 8 nitrogen and oxygen atoms in total. The monoisotopic (exact) mass is 409 g/mol. The fraction of sp³-hybridized carbons (Fsp3) is 0.545. The van der Waals surface area contributed by atoms with Gasteiger partial charge in [-0.3, -0.25) is 19.7 Å². The van der Waals surface area contributed by atoms with Crippen molar-refractivity contribution in [2.75, 3.05) is 18.8 Å². The number of hydrogen-bond donors (Lipinski definition) is 2. The maximum absolute atomic E-state index is 12.8. The molecule has 0 radical (unpaired) electrons. The lowest BCUT2D eigenvalue weighted by molar-refractivity contribution is 0.0961. The Bertz CT molecular complexity index is 914. The third-order valence-electron chi connectivity index (χ3n) is 6.38. The molecule has 2 aromatic rings. The first-order valence-electron chi connectivity index (χ1n) is 10.8. The van der Waals surface area contributed by atoms with Gasteiger partial charge in [0.1, 0.15) is 11.4 Å². The number of nitrogens with two attached hydrogens (primary N) is 1. The number of nitrogens with zero attached hydrogens (tertiary/aromatic N) is 5. The highest BCUT2D eigenvalue weighted by Gasteiger charge is 2.33. The van der Waals surface area contributed by atoms with Crippen LogP contribution < -0.4 is 11.1 Å². The third kappa shape index (κ3) is 4.23. The zero-order chi connectivity index (χ0) is 21.3. The summed E-state index contributed by atoms with van der Waals surface area (Å²) in [6.45, 7) is 10.8. The number of hydrogen-bond acceptors (Lipinski definition) is 6. The van der Waals surface area contributed by atoms with E-state index in [4.69, 9.17) is 5.73 Å². The lowest BCUT2D eigenvalue weighted by Gasteiger charge is -2.19. The normalized spacial score (nSPS) is 22.5. The van der Waals surface area contributed by atoms with Crippen LogP contribution in [0.2, 0.25) is 0 Å². The van der Waals surface area contributed by atoms with E-state index in [9.17, 15) is 4.79 Å². The first-order valence-corrected chi connectivity index (χ1v) is 10.8. The Balaban J connectivity index is 1.36. The maximum atomic E-state index is 12.8. The zero-order valence-corrected chi connectivity index (χ0v) is 17.8. The number of carbonyl (C=O) groups excluding carboxylic acids is 1. The molecule has 2 aliphatic rings. The molecular formula is C22H31N7O. The minimum atomic E-state index is -0.225. The van der Waals surface area contributed by atoms with Crippen LogP contribution in [0.25, 0.3) is 0 Å². The molecule has 1 saturated carbocycles. The molecule has 0 spiro atoms. The van der Waals surface area contributed by atoms with Crippen LogP contribution in [0, 0.1) is 18.8 Å². The molecule has 1 aliphatic carbocycles. The summed E-state index contributed by atoms with van der Waals surface area (Å²) in [4.78, 5) is 23.9. The molecule has 8 heteroatoms. The summed E-state index contributed by atoms with van der Waals surface area (Å²) in [5.41, 5.74) is 9.28. The van der Waals surface area contributed by atoms with Crippen molar-refractivity contribution in [3.8, 4) is 0 Å². The van der Waals surface area contributed by atoms with Crippen molar-refractivity contribution < 1.29 is 4.79 Å². The number of likely N-dealkylation sites (tertiary alicyclic amines) is 1. The number of nitrogens with one attached hydrogen (secondary N) is 1. The predicted molar refractivity (Wildman–Crippen MR) is 115 cm³/mol. The summed E-state index contributed by atoms with van der Waals surface area (Å²) in [7, 11) is 0. The van der Waals surface area contributed by atoms with Crippen LogP contribution in [0.1, 0.15) is 60.4 Å². The number of rotatable bonds is 6. The average Bonchev–Trinajstić information content (AvgIpc) is 3.43. The van der Waals surface area contributed by atoms with Crippen LogP contribution in [-0.2, 0) is 6.54 Å². The average molecular weight is 410 g/mol. The van der Waals surface area contributed by atoms with Gasteiger partial charge >= 0.3 is 0 Å². The predicted octanol–water partition coefficient (Wildman–Crippen LogP) is 2.69. The van der Waals surface area contributed by atoms with Crippen LogP contribution in [-0.4, -0.2) is 43.6 Å². The number of nitrogen functional groups attached to an aromatic ring is 1. The van der Waals surface area contributed by atoms with Gasteiger partial charge in [-0.2, -0.15) is 5.10 Å². The molecule has 1 aliphatic heterocycles. The minimum Gasteiger partial charge on any atom is -0.383 e. The molecule has 2 atom stereocenters. The van der Waals surface area contributed by atoms with Crippen molar-refractivity contribution in [2.24, 2.45) is 11.8 Å². The Morgan fingerprint density at radius 2 is 2.00 bits per heavy atom. The van der Waals surface area contributed by atoms with Gasteiger partial charge in [0, 0.05) is 43.6 Å². The Kier molecular flexibility index (Phi) is 5.85. The highest BCUT2D eigenvalue weighted by atomic mass is 16.1. The van der Waals surface area contributed by atoms with Crippen molar-refractivity contribution in [3.05, 3.63) is 47.8 Å². The van der Waals surface area contributed by atoms with Crippen LogP contribution in [0.4, 0.5) is 5.82 Å². The van der Waals surface area contributed by atoms with Gasteiger partial charge in [0.15, 0.2) is 0 Å². The summed E-state index contributed by atoms with van der Waals surface area (Å²) in [6.07, 6.45) is 9.72. The molecule has 0 unspecified atom stereocenters. The van der Waals surface area contributed by atoms with Gasteiger partial charge in [-0.25, -0.2) is 4.68 Å². The van der Waals surface area contributed by atoms with Crippen LogP contribution in [0.3, 0.4) is 0 Å². The smallest absolute Gasteiger partial charge is 0.260 e. The molecule has 1 saturated heterocycles. The van der Waals surface area contributed by atoms with Crippen molar-refractivity contribution in [2.45, 2.75) is 52.1 Å². The van der Waals surface area contributed by atoms with E-state index in [1.807, 2.05) is 17.8 Å². The van der Waals surface area contributed by atoms with Crippen LogP contribution in [0.15, 0.2) is 30.9 Å². The second-order valence-electron chi connectivity index (χ2n) is 8.73. The van der Waals surface area contributed by atoms with Gasteiger partial charge in [-0.15, -0.1) is 0 Å². The molecule has 0 bridgehead atoms. The van der Waals surface area contributed by atoms with Gasteiger partial charge < -0.3 is 11.1 Å². The number of amides is 1. The van der Waals surface area contributed by atoms with Gasteiger partial charge in [0.05, 0.1) is 23.6 Å². The fourth-order valence-electron chi connectivity index (χ4n) is 4.67. The SMILES string of the molecule is C=C(NC(=O)c1cnn(C2CCCC2)c1N)[C@@H]1CN(Cc2cnc(C)cn2)C[C@H]1C. The largest absolute Gasteiger partial charge is 0.383 e. The van der Waals surface area contributed by atoms with E-state index >= 15 is 0 Å². The van der Waals surface area contributed by atoms with Gasteiger partial charge in [0.25, 0.3) is 5.91 Å². The van der Waals surface area contributed by atoms with E-state index in [0.717, 1.165) is 49.6 Å². The molecule has 3 N–H and O–H groups in total. The number of carbonyl (C=O) groups is 1. The Morgan fingerprint density at radius 3 is 2.70 bits per heavy atom. The fourth-order valence-corrected chi connectivity index (χ4v) is 4.67. The zero-order valence-electron chi connectivity index (χ0n) is 17.8. The first-order chi connectivity index (χ1) is 14.4. The second-order valence-corrected chi connectivity index (χ2v) is 8.73. The van der Waals surface area contributed by atoms with Crippen LogP contribution >= 0.6 is 0 Å². The molecule has 30 heavy (non-hydrogen) atoms. The Morgan fingerprint density at radius 1 is 1.23 bits per heavy atom. The standard InChI is InChI=1S/C22H31N7O/c1-14-11-28(12-17-9-24-15(2)8-25-17)13-20(14)16(3)27-22(30)19-10-26-29(21(19)23)18-6-4-5-7-18/h8-10,14,18,20H,3-7,11-13,23H2,1-2H3,(H,27,30)/t14-,20-/m1/s1. The highest BCUT2D eigenvalue weighted by molar-refractivity contribution is 5.99. The lowest BCUT2D eigenvalue weighted by atomic mass is 9.95. The van der Waals surface area contributed by atoms with Gasteiger partial charge in [0.2, 0.25) is 0 Å². The first kappa shape index (κ1) is 20.5. The minimum absolute atomic E-state index is 0.179. The highest BCUT2D eigenvalue weighted by Crippen LogP contribution is 2.32. The second kappa shape index (κ2) is 8.55. The summed E-state index contributed by atoms with van der Waals surface area (Å²) in [5.74, 6) is 0.788. The lowest BCUT2D eigenvalue weighted by Crippen LogP contribution is -2.30. The van der Waals surface area contributed by atoms with Crippen molar-refractivity contribution in [1.29, 1.82) is 0 Å². The summed E-state index contributed by atoms with van der Waals surface area (Å²) < 4.78 is 1.81. The molecule has 1 amide bonds. The van der Waals surface area contributed by atoms with E-state index in [1.165, 1.54) is 12.8 Å². The molecule has 160 valence electrons. The van der Waals surface area contributed by atoms with Crippen molar-refractivity contribution in [1.82, 2.24) is 30.0 Å². The van der Waals surface area contributed by atoms with Gasteiger partial charge in [-0.1, -0.05) is 26.3 Å². The summed E-state index contributed by atoms with van der Waals surface area (Å²) >= 11 is 0. The molecule has 2 fully saturated rings. The van der Waals surface area contributed by atoms with Gasteiger partial charge in [-0.05, 0) is 25.7 Å². The molecule has 4 rings (SSSR count). The molecule has 0 aromatic carbocycles. The van der Waals surface area contributed by atoms with E-state index in [2.05, 4.69) is 38.8 Å². The van der Waals surface area contributed by atoms with Crippen molar-refractivity contribution >= 4 is 11.7 Å². The molecule has 3 heterocycles. The van der Waals surface area contributed by atoms with E-state index in [-0.39, 0.29) is 11.8 Å². The Hall–Kier alpha value is -2.74. The number of anilines is 1. The van der Waals surface area contributed by atoms with E-state index in [1.54, 1.807) is 12.4 Å². The van der Waals surface area contributed by atoms with E-state index < -0.39 is 0 Å². The van der Waals surface area contributed by atoms with E-state index in [0.29, 0.717) is 23.3 Å². The Labute approximate surface area is 177 Å².